The van der Waals surface area contributed by atoms with Crippen LogP contribution in [0.15, 0.2) is 12.4 Å². The minimum absolute atomic E-state index is 0.0234. The predicted molar refractivity (Wildman–Crippen MR) is 94.2 cm³/mol. The number of likely N-dealkylation sites (tertiary alicyclic amines) is 1. The van der Waals surface area contributed by atoms with Gasteiger partial charge in [0, 0.05) is 37.4 Å². The zero-order valence-electron chi connectivity index (χ0n) is 14.8. The van der Waals surface area contributed by atoms with Gasteiger partial charge in [0.1, 0.15) is 0 Å². The van der Waals surface area contributed by atoms with Gasteiger partial charge in [-0.05, 0) is 38.6 Å². The number of hydrogen-bond acceptors (Lipinski definition) is 4. The molecule has 0 spiro atoms. The number of morpholine rings is 1. The van der Waals surface area contributed by atoms with E-state index in [2.05, 4.69) is 20.4 Å². The number of aromatic nitrogens is 2. The average molecular weight is 347 g/mol. The highest BCUT2D eigenvalue weighted by Crippen LogP contribution is 2.30. The first-order valence-corrected chi connectivity index (χ1v) is 9.70. The lowest BCUT2D eigenvalue weighted by molar-refractivity contribution is -0.0726. The third kappa shape index (κ3) is 3.82. The highest BCUT2D eigenvalue weighted by atomic mass is 16.5. The lowest BCUT2D eigenvalue weighted by Crippen LogP contribution is -2.55. The number of aromatic amines is 1. The SMILES string of the molecule is O=C(NCC1CN2CCCCC2CO1)N1CCCCC1c1cn[nH]c1. The van der Waals surface area contributed by atoms with Gasteiger partial charge in [-0.3, -0.25) is 10.00 Å². The molecule has 0 radical (unpaired) electrons. The van der Waals surface area contributed by atoms with Crippen molar-refractivity contribution in [1.29, 1.82) is 0 Å². The molecule has 0 aromatic carbocycles. The maximum Gasteiger partial charge on any atom is 0.318 e. The zero-order chi connectivity index (χ0) is 17.1. The number of nitrogens with zero attached hydrogens (tertiary/aromatic N) is 3. The highest BCUT2D eigenvalue weighted by Gasteiger charge is 2.32. The van der Waals surface area contributed by atoms with E-state index in [1.54, 1.807) is 0 Å². The second-order valence-corrected chi connectivity index (χ2v) is 7.52. The van der Waals surface area contributed by atoms with Crippen LogP contribution >= 0.6 is 0 Å². The maximum absolute atomic E-state index is 12.7. The van der Waals surface area contributed by atoms with Crippen LogP contribution in [0.2, 0.25) is 0 Å². The molecule has 0 bridgehead atoms. The van der Waals surface area contributed by atoms with Crippen molar-refractivity contribution in [2.75, 3.05) is 32.8 Å². The monoisotopic (exact) mass is 347 g/mol. The van der Waals surface area contributed by atoms with Crippen molar-refractivity contribution < 1.29 is 9.53 Å². The smallest absolute Gasteiger partial charge is 0.318 e. The molecule has 25 heavy (non-hydrogen) atoms. The van der Waals surface area contributed by atoms with Gasteiger partial charge in [0.05, 0.1) is 24.9 Å². The topological polar surface area (TPSA) is 73.5 Å². The van der Waals surface area contributed by atoms with Crippen molar-refractivity contribution in [3.05, 3.63) is 18.0 Å². The van der Waals surface area contributed by atoms with E-state index in [9.17, 15) is 4.79 Å². The fraction of sp³-hybridized carbons (Fsp3) is 0.778. The first kappa shape index (κ1) is 16.8. The number of amides is 2. The summed E-state index contributed by atoms with van der Waals surface area (Å²) in [5.74, 6) is 0. The first-order valence-electron chi connectivity index (χ1n) is 9.70. The van der Waals surface area contributed by atoms with Crippen molar-refractivity contribution >= 4 is 6.03 Å². The Morgan fingerprint density at radius 1 is 1.28 bits per heavy atom. The standard InChI is InChI=1S/C18H29N5O2/c24-18(23-8-4-2-6-17(23)14-9-20-21-10-14)19-11-16-12-22-7-3-1-5-15(22)13-25-16/h9-10,15-17H,1-8,11-13H2,(H,19,24)(H,20,21). The average Bonchev–Trinajstić information content (AvgIpc) is 3.20. The summed E-state index contributed by atoms with van der Waals surface area (Å²) < 4.78 is 5.99. The fourth-order valence-corrected chi connectivity index (χ4v) is 4.44. The van der Waals surface area contributed by atoms with Crippen LogP contribution in [0.3, 0.4) is 0 Å². The molecule has 2 amide bonds. The van der Waals surface area contributed by atoms with Crippen LogP contribution in [0.1, 0.15) is 50.1 Å². The van der Waals surface area contributed by atoms with Gasteiger partial charge in [0.15, 0.2) is 0 Å². The first-order chi connectivity index (χ1) is 12.3. The van der Waals surface area contributed by atoms with Gasteiger partial charge in [-0.15, -0.1) is 0 Å². The van der Waals surface area contributed by atoms with E-state index in [-0.39, 0.29) is 18.2 Å². The number of ether oxygens (including phenoxy) is 1. The number of hydrogen-bond donors (Lipinski definition) is 2. The number of urea groups is 1. The number of nitrogens with one attached hydrogen (secondary N) is 2. The second-order valence-electron chi connectivity index (χ2n) is 7.52. The minimum atomic E-state index is 0.0234. The molecular weight excluding hydrogens is 318 g/mol. The van der Waals surface area contributed by atoms with Crippen LogP contribution in [-0.2, 0) is 4.74 Å². The van der Waals surface area contributed by atoms with E-state index in [0.717, 1.165) is 44.5 Å². The Bertz CT molecular complexity index is 564. The molecule has 3 unspecified atom stereocenters. The van der Waals surface area contributed by atoms with E-state index < -0.39 is 0 Å². The van der Waals surface area contributed by atoms with Crippen molar-refractivity contribution in [3.8, 4) is 0 Å². The zero-order valence-corrected chi connectivity index (χ0v) is 14.8. The molecule has 2 N–H and O–H groups in total. The molecule has 3 saturated heterocycles. The largest absolute Gasteiger partial charge is 0.373 e. The number of fused-ring (bicyclic) bond motifs is 1. The molecule has 7 heteroatoms. The Morgan fingerprint density at radius 3 is 3.04 bits per heavy atom. The molecule has 4 heterocycles. The van der Waals surface area contributed by atoms with Gasteiger partial charge in [-0.1, -0.05) is 6.42 Å². The number of carbonyl (C=O) groups is 1. The number of carbonyl (C=O) groups excluding carboxylic acids is 1. The summed E-state index contributed by atoms with van der Waals surface area (Å²) >= 11 is 0. The summed E-state index contributed by atoms with van der Waals surface area (Å²) in [4.78, 5) is 17.2. The summed E-state index contributed by atoms with van der Waals surface area (Å²) in [5, 5.41) is 10.0. The molecule has 138 valence electrons. The molecule has 1 aromatic heterocycles. The Hall–Kier alpha value is -1.60. The Balaban J connectivity index is 1.30. The molecular formula is C18H29N5O2. The maximum atomic E-state index is 12.7. The minimum Gasteiger partial charge on any atom is -0.373 e. The van der Waals surface area contributed by atoms with E-state index in [1.807, 2.05) is 17.3 Å². The lowest BCUT2D eigenvalue weighted by atomic mass is 9.98. The fourth-order valence-electron chi connectivity index (χ4n) is 4.44. The molecule has 0 saturated carbocycles. The van der Waals surface area contributed by atoms with Crippen molar-refractivity contribution in [2.24, 2.45) is 0 Å². The third-order valence-electron chi connectivity index (χ3n) is 5.86. The quantitative estimate of drug-likeness (QED) is 0.876. The Kier molecular flexibility index (Phi) is 5.22. The van der Waals surface area contributed by atoms with Gasteiger partial charge < -0.3 is 15.0 Å². The van der Waals surface area contributed by atoms with Gasteiger partial charge in [0.2, 0.25) is 0 Å². The third-order valence-corrected chi connectivity index (χ3v) is 5.86. The summed E-state index contributed by atoms with van der Waals surface area (Å²) in [6, 6.07) is 0.745. The molecule has 0 aliphatic carbocycles. The normalized spacial score (nSPS) is 30.7. The van der Waals surface area contributed by atoms with E-state index >= 15 is 0 Å². The summed E-state index contributed by atoms with van der Waals surface area (Å²) in [6.45, 7) is 4.32. The molecule has 4 rings (SSSR count). The van der Waals surface area contributed by atoms with Gasteiger partial charge in [0.25, 0.3) is 0 Å². The van der Waals surface area contributed by atoms with Crippen LogP contribution in [-0.4, -0.2) is 71.0 Å². The second kappa shape index (κ2) is 7.74. The van der Waals surface area contributed by atoms with Crippen LogP contribution in [0.5, 0.6) is 0 Å². The van der Waals surface area contributed by atoms with Crippen molar-refractivity contribution in [1.82, 2.24) is 25.3 Å². The molecule has 1 aromatic rings. The van der Waals surface area contributed by atoms with Crippen LogP contribution in [0, 0.1) is 0 Å². The van der Waals surface area contributed by atoms with Gasteiger partial charge in [-0.2, -0.15) is 5.10 Å². The van der Waals surface area contributed by atoms with E-state index in [4.69, 9.17) is 4.74 Å². The molecule has 3 aliphatic heterocycles. The van der Waals surface area contributed by atoms with Crippen LogP contribution < -0.4 is 5.32 Å². The van der Waals surface area contributed by atoms with Crippen LogP contribution in [0.25, 0.3) is 0 Å². The highest BCUT2D eigenvalue weighted by molar-refractivity contribution is 5.74. The lowest BCUT2D eigenvalue weighted by Gasteiger charge is -2.42. The van der Waals surface area contributed by atoms with Crippen molar-refractivity contribution in [2.45, 2.75) is 56.7 Å². The number of piperidine rings is 2. The van der Waals surface area contributed by atoms with E-state index in [1.165, 1.54) is 25.8 Å². The van der Waals surface area contributed by atoms with Crippen molar-refractivity contribution in [3.63, 3.8) is 0 Å². The Morgan fingerprint density at radius 2 is 2.16 bits per heavy atom. The van der Waals surface area contributed by atoms with Gasteiger partial charge in [-0.25, -0.2) is 4.79 Å². The summed E-state index contributed by atoms with van der Waals surface area (Å²) in [5.41, 5.74) is 1.10. The summed E-state index contributed by atoms with van der Waals surface area (Å²) in [6.07, 6.45) is 10.9. The molecule has 7 nitrogen and oxygen atoms in total. The summed E-state index contributed by atoms with van der Waals surface area (Å²) in [7, 11) is 0. The van der Waals surface area contributed by atoms with Gasteiger partial charge >= 0.3 is 6.03 Å². The number of H-pyrrole nitrogens is 1. The number of rotatable bonds is 3. The molecule has 3 aliphatic rings. The predicted octanol–water partition coefficient (Wildman–Crippen LogP) is 1.90. The molecule has 3 atom stereocenters. The van der Waals surface area contributed by atoms with E-state index in [0.29, 0.717) is 12.6 Å². The molecule has 3 fully saturated rings. The van der Waals surface area contributed by atoms with Crippen LogP contribution in [0.4, 0.5) is 4.79 Å². The Labute approximate surface area is 149 Å².